The predicted octanol–water partition coefficient (Wildman–Crippen LogP) is 3.75. The van der Waals surface area contributed by atoms with Crippen molar-refractivity contribution in [3.63, 3.8) is 0 Å². The van der Waals surface area contributed by atoms with Crippen LogP contribution in [0.25, 0.3) is 0 Å². The van der Waals surface area contributed by atoms with Gasteiger partial charge in [-0.1, -0.05) is 0 Å². The van der Waals surface area contributed by atoms with Gasteiger partial charge >= 0.3 is 5.97 Å². The van der Waals surface area contributed by atoms with Crippen LogP contribution in [0.1, 0.15) is 30.2 Å². The van der Waals surface area contributed by atoms with Crippen LogP contribution in [0, 0.1) is 29.1 Å². The SMILES string of the molecule is CCOC(=O)/C=C(\C)NC(=O)c1ccc(COc2c(F)c(F)c(F)c(F)c2F)o1. The topological polar surface area (TPSA) is 77.8 Å². The second-order valence-electron chi connectivity index (χ2n) is 5.49. The molecule has 0 saturated heterocycles. The van der Waals surface area contributed by atoms with Gasteiger partial charge in [0, 0.05) is 11.8 Å². The zero-order valence-electron chi connectivity index (χ0n) is 15.1. The minimum absolute atomic E-state index is 0.133. The van der Waals surface area contributed by atoms with Crippen molar-refractivity contribution >= 4 is 11.9 Å². The summed E-state index contributed by atoms with van der Waals surface area (Å²) in [6, 6.07) is 2.38. The molecule has 0 spiro atoms. The van der Waals surface area contributed by atoms with E-state index in [2.05, 4.69) is 14.8 Å². The highest BCUT2D eigenvalue weighted by molar-refractivity contribution is 5.93. The number of hydrogen-bond acceptors (Lipinski definition) is 5. The molecule has 1 amide bonds. The van der Waals surface area contributed by atoms with Gasteiger partial charge in [0.2, 0.25) is 29.1 Å². The summed E-state index contributed by atoms with van der Waals surface area (Å²) in [5, 5.41) is 2.34. The molecule has 0 fully saturated rings. The smallest absolute Gasteiger partial charge is 0.332 e. The first kappa shape index (κ1) is 21.9. The van der Waals surface area contributed by atoms with E-state index in [1.807, 2.05) is 0 Å². The fourth-order valence-corrected chi connectivity index (χ4v) is 2.07. The molecule has 1 aromatic heterocycles. The number of rotatable bonds is 7. The number of amides is 1. The van der Waals surface area contributed by atoms with Crippen molar-refractivity contribution in [2.75, 3.05) is 6.61 Å². The molecule has 11 heteroatoms. The molecule has 1 N–H and O–H groups in total. The summed E-state index contributed by atoms with van der Waals surface area (Å²) in [5.41, 5.74) is 0.157. The van der Waals surface area contributed by atoms with Crippen molar-refractivity contribution in [2.45, 2.75) is 20.5 Å². The monoisotopic (exact) mass is 419 g/mol. The quantitative estimate of drug-likeness (QED) is 0.243. The maximum atomic E-state index is 13.6. The normalized spacial score (nSPS) is 11.3. The molecule has 156 valence electrons. The number of carbonyl (C=O) groups excluding carboxylic acids is 2. The van der Waals surface area contributed by atoms with Crippen LogP contribution >= 0.6 is 0 Å². The van der Waals surface area contributed by atoms with Crippen molar-refractivity contribution in [1.82, 2.24) is 5.32 Å². The molecule has 0 radical (unpaired) electrons. The van der Waals surface area contributed by atoms with Crippen LogP contribution in [0.2, 0.25) is 0 Å². The average Bonchev–Trinajstić information content (AvgIpc) is 3.14. The Morgan fingerprint density at radius 1 is 1.03 bits per heavy atom. The zero-order chi connectivity index (χ0) is 21.7. The lowest BCUT2D eigenvalue weighted by Crippen LogP contribution is -2.21. The molecule has 6 nitrogen and oxygen atoms in total. The molecule has 0 aliphatic carbocycles. The maximum absolute atomic E-state index is 13.6. The van der Waals surface area contributed by atoms with Gasteiger partial charge in [-0.2, -0.15) is 8.78 Å². The molecule has 1 aromatic carbocycles. The molecule has 2 rings (SSSR count). The molecule has 0 saturated carbocycles. The third kappa shape index (κ3) is 5.12. The molecule has 0 aliphatic heterocycles. The third-order valence-corrected chi connectivity index (χ3v) is 3.35. The molecule has 1 heterocycles. The van der Waals surface area contributed by atoms with E-state index in [4.69, 9.17) is 4.42 Å². The second-order valence-corrected chi connectivity index (χ2v) is 5.49. The van der Waals surface area contributed by atoms with Crippen molar-refractivity contribution in [1.29, 1.82) is 0 Å². The first-order chi connectivity index (χ1) is 13.6. The highest BCUT2D eigenvalue weighted by Gasteiger charge is 2.27. The Bertz CT molecular complexity index is 941. The van der Waals surface area contributed by atoms with Gasteiger partial charge < -0.3 is 19.2 Å². The number of halogens is 5. The summed E-state index contributed by atoms with van der Waals surface area (Å²) in [5.74, 6) is -14.2. The number of hydrogen-bond donors (Lipinski definition) is 1. The molecule has 0 aliphatic rings. The number of allylic oxidation sites excluding steroid dienone is 1. The van der Waals surface area contributed by atoms with Crippen LogP contribution in [0.15, 0.2) is 28.3 Å². The van der Waals surface area contributed by atoms with Gasteiger partial charge in [0.15, 0.2) is 11.5 Å². The van der Waals surface area contributed by atoms with Crippen LogP contribution in [0.5, 0.6) is 5.75 Å². The fraction of sp³-hybridized carbons (Fsp3) is 0.222. The van der Waals surface area contributed by atoms with E-state index in [0.717, 1.165) is 6.08 Å². The number of furan rings is 1. The third-order valence-electron chi connectivity index (χ3n) is 3.35. The predicted molar refractivity (Wildman–Crippen MR) is 87.1 cm³/mol. The van der Waals surface area contributed by atoms with E-state index >= 15 is 0 Å². The Kier molecular flexibility index (Phi) is 6.97. The summed E-state index contributed by atoms with van der Waals surface area (Å²) in [6.07, 6.45) is 1.04. The summed E-state index contributed by atoms with van der Waals surface area (Å²) in [6.45, 7) is 2.47. The van der Waals surface area contributed by atoms with Crippen molar-refractivity contribution in [3.8, 4) is 5.75 Å². The Hall–Kier alpha value is -3.37. The van der Waals surface area contributed by atoms with Gasteiger partial charge in [-0.05, 0) is 26.0 Å². The van der Waals surface area contributed by atoms with Crippen LogP contribution in [0.3, 0.4) is 0 Å². The lowest BCUT2D eigenvalue weighted by atomic mass is 10.2. The second kappa shape index (κ2) is 9.22. The van der Waals surface area contributed by atoms with Gasteiger partial charge in [-0.3, -0.25) is 4.79 Å². The van der Waals surface area contributed by atoms with E-state index in [1.54, 1.807) is 6.92 Å². The Morgan fingerprint density at radius 3 is 2.21 bits per heavy atom. The number of nitrogens with one attached hydrogen (secondary N) is 1. The Labute approximate surface area is 160 Å². The Balaban J connectivity index is 2.06. The molecule has 0 atom stereocenters. The standard InChI is InChI=1S/C18H14F5NO5/c1-3-27-11(25)6-8(2)24-18(26)10-5-4-9(29-10)7-28-17-15(22)13(20)12(19)14(21)16(17)23/h4-6H,3,7H2,1-2H3,(H,24,26)/b8-6+. The van der Waals surface area contributed by atoms with Crippen molar-refractivity contribution in [3.05, 3.63) is 64.5 Å². The minimum Gasteiger partial charge on any atom is -0.479 e. The van der Waals surface area contributed by atoms with E-state index in [0.29, 0.717) is 0 Å². The molecule has 0 unspecified atom stereocenters. The highest BCUT2D eigenvalue weighted by Crippen LogP contribution is 2.29. The lowest BCUT2D eigenvalue weighted by Gasteiger charge is -2.09. The average molecular weight is 419 g/mol. The molecular formula is C18H14F5NO5. The van der Waals surface area contributed by atoms with Gasteiger partial charge in [0.1, 0.15) is 12.4 Å². The van der Waals surface area contributed by atoms with E-state index in [1.165, 1.54) is 19.1 Å². The van der Waals surface area contributed by atoms with Crippen LogP contribution in [0.4, 0.5) is 22.0 Å². The van der Waals surface area contributed by atoms with Gasteiger partial charge in [-0.25, -0.2) is 18.0 Å². The fourth-order valence-electron chi connectivity index (χ4n) is 2.07. The first-order valence-electron chi connectivity index (χ1n) is 8.05. The summed E-state index contributed by atoms with van der Waals surface area (Å²) in [7, 11) is 0. The summed E-state index contributed by atoms with van der Waals surface area (Å²) >= 11 is 0. The van der Waals surface area contributed by atoms with E-state index in [9.17, 15) is 31.5 Å². The summed E-state index contributed by atoms with van der Waals surface area (Å²) < 4.78 is 80.8. The van der Waals surface area contributed by atoms with Crippen molar-refractivity contribution in [2.24, 2.45) is 0 Å². The highest BCUT2D eigenvalue weighted by atomic mass is 19.2. The van der Waals surface area contributed by atoms with Crippen molar-refractivity contribution < 1.29 is 45.4 Å². The van der Waals surface area contributed by atoms with Gasteiger partial charge in [-0.15, -0.1) is 0 Å². The van der Waals surface area contributed by atoms with Gasteiger partial charge in [0.05, 0.1) is 6.61 Å². The van der Waals surface area contributed by atoms with Gasteiger partial charge in [0.25, 0.3) is 5.91 Å². The van der Waals surface area contributed by atoms with E-state index < -0.39 is 53.3 Å². The number of esters is 1. The number of ether oxygens (including phenoxy) is 2. The molecule has 2 aromatic rings. The number of benzene rings is 1. The van der Waals surface area contributed by atoms with Crippen LogP contribution in [-0.4, -0.2) is 18.5 Å². The first-order valence-corrected chi connectivity index (χ1v) is 8.05. The molecule has 29 heavy (non-hydrogen) atoms. The van der Waals surface area contributed by atoms with E-state index in [-0.39, 0.29) is 23.8 Å². The zero-order valence-corrected chi connectivity index (χ0v) is 15.1. The number of carbonyl (C=O) groups is 2. The maximum Gasteiger partial charge on any atom is 0.332 e. The van der Waals surface area contributed by atoms with Crippen LogP contribution in [-0.2, 0) is 16.1 Å². The molecule has 0 bridgehead atoms. The Morgan fingerprint density at radius 2 is 1.62 bits per heavy atom. The largest absolute Gasteiger partial charge is 0.479 e. The summed E-state index contributed by atoms with van der Waals surface area (Å²) in [4.78, 5) is 23.3. The molecular weight excluding hydrogens is 405 g/mol. The van der Waals surface area contributed by atoms with Crippen LogP contribution < -0.4 is 10.1 Å². The minimum atomic E-state index is -2.31. The lowest BCUT2D eigenvalue weighted by molar-refractivity contribution is -0.137.